The van der Waals surface area contributed by atoms with E-state index in [0.717, 1.165) is 11.1 Å². The van der Waals surface area contributed by atoms with E-state index in [1.165, 1.54) is 11.8 Å². The van der Waals surface area contributed by atoms with Gasteiger partial charge in [-0.1, -0.05) is 84.4 Å². The Morgan fingerprint density at radius 1 is 0.939 bits per heavy atom. The van der Waals surface area contributed by atoms with Gasteiger partial charge in [0.2, 0.25) is 5.89 Å². The molecule has 1 N–H and O–H groups in total. The quantitative estimate of drug-likeness (QED) is 0.332. The molecule has 0 saturated heterocycles. The number of hydrogen-bond donors (Lipinski definition) is 1. The smallest absolute Gasteiger partial charge is 0.273 e. The molecule has 33 heavy (non-hydrogen) atoms. The number of nitrogens with one attached hydrogen (secondary N) is 1. The van der Waals surface area contributed by atoms with E-state index < -0.39 is 0 Å². The topological polar surface area (TPSA) is 58.4 Å². The summed E-state index contributed by atoms with van der Waals surface area (Å²) in [6.45, 7) is 3.79. The zero-order chi connectivity index (χ0) is 23.0. The second kappa shape index (κ2) is 10.9. The number of rotatable bonds is 9. The molecule has 168 valence electrons. The van der Waals surface area contributed by atoms with Crippen LogP contribution in [0, 0.1) is 0 Å². The van der Waals surface area contributed by atoms with Crippen LogP contribution in [0.15, 0.2) is 95.6 Å². The fourth-order valence-corrected chi connectivity index (χ4v) is 3.89. The van der Waals surface area contributed by atoms with Gasteiger partial charge < -0.3 is 9.73 Å². The van der Waals surface area contributed by atoms with E-state index in [2.05, 4.69) is 27.3 Å². The summed E-state index contributed by atoms with van der Waals surface area (Å²) in [6, 6.07) is 27.7. The summed E-state index contributed by atoms with van der Waals surface area (Å²) in [5.74, 6) is 0.233. The van der Waals surface area contributed by atoms with Crippen molar-refractivity contribution in [2.24, 2.45) is 0 Å². The molecule has 1 amide bonds. The molecule has 1 aromatic heterocycles. The minimum atomic E-state index is -0.259. The number of halogens is 1. The Morgan fingerprint density at radius 3 is 2.33 bits per heavy atom. The molecule has 0 bridgehead atoms. The summed E-state index contributed by atoms with van der Waals surface area (Å²) in [5.41, 5.74) is 3.58. The monoisotopic (exact) mass is 459 g/mol. The maximum atomic E-state index is 12.7. The lowest BCUT2D eigenvalue weighted by Crippen LogP contribution is -2.27. The number of hydrogen-bond acceptors (Lipinski definition) is 4. The minimum Gasteiger partial charge on any atom is -0.447 e. The highest BCUT2D eigenvalue weighted by Gasteiger charge is 2.18. The van der Waals surface area contributed by atoms with E-state index in [0.29, 0.717) is 30.5 Å². The number of oxazole rings is 1. The van der Waals surface area contributed by atoms with Gasteiger partial charge in [0.05, 0.1) is 12.6 Å². The van der Waals surface area contributed by atoms with Gasteiger partial charge in [-0.2, -0.15) is 0 Å². The van der Waals surface area contributed by atoms with E-state index >= 15 is 0 Å². The summed E-state index contributed by atoms with van der Waals surface area (Å²) in [5, 5.41) is 3.68. The SMILES string of the molecule is C[C@@H](NC(=O)c1coc(CN(Cc2ccccc2)Cc2cccc(Cl)c2)n1)c1ccccc1. The van der Waals surface area contributed by atoms with Gasteiger partial charge >= 0.3 is 0 Å². The van der Waals surface area contributed by atoms with Crippen LogP contribution in [-0.2, 0) is 19.6 Å². The molecular weight excluding hydrogens is 434 g/mol. The van der Waals surface area contributed by atoms with Crippen molar-refractivity contribution in [2.45, 2.75) is 32.6 Å². The second-order valence-corrected chi connectivity index (χ2v) is 8.43. The largest absolute Gasteiger partial charge is 0.447 e. The molecule has 0 aliphatic heterocycles. The molecule has 4 aromatic rings. The molecule has 0 fully saturated rings. The van der Waals surface area contributed by atoms with Gasteiger partial charge in [-0.25, -0.2) is 4.98 Å². The molecule has 0 aliphatic rings. The third-order valence-electron chi connectivity index (χ3n) is 5.33. The van der Waals surface area contributed by atoms with E-state index in [-0.39, 0.29) is 17.6 Å². The Hall–Kier alpha value is -3.41. The third-order valence-corrected chi connectivity index (χ3v) is 5.57. The standard InChI is InChI=1S/C27H26ClN3O2/c1-20(23-12-6-3-7-13-23)29-27(32)25-19-33-26(30-25)18-31(16-21-9-4-2-5-10-21)17-22-11-8-14-24(28)15-22/h2-15,19-20H,16-18H2,1H3,(H,29,32)/t20-/m1/s1. The highest BCUT2D eigenvalue weighted by atomic mass is 35.5. The first-order valence-corrected chi connectivity index (χ1v) is 11.3. The van der Waals surface area contributed by atoms with Crippen LogP contribution in [0.5, 0.6) is 0 Å². The minimum absolute atomic E-state index is 0.128. The number of carbonyl (C=O) groups is 1. The lowest BCUT2D eigenvalue weighted by Gasteiger charge is -2.21. The summed E-state index contributed by atoms with van der Waals surface area (Å²) in [7, 11) is 0. The van der Waals surface area contributed by atoms with E-state index in [1.807, 2.05) is 79.7 Å². The van der Waals surface area contributed by atoms with Gasteiger partial charge in [0, 0.05) is 18.1 Å². The first-order chi connectivity index (χ1) is 16.1. The molecular formula is C27H26ClN3O2. The zero-order valence-electron chi connectivity index (χ0n) is 18.4. The van der Waals surface area contributed by atoms with Crippen LogP contribution in [0.3, 0.4) is 0 Å². The Morgan fingerprint density at radius 2 is 1.61 bits per heavy atom. The maximum absolute atomic E-state index is 12.7. The molecule has 0 saturated carbocycles. The fourth-order valence-electron chi connectivity index (χ4n) is 3.68. The maximum Gasteiger partial charge on any atom is 0.273 e. The summed E-state index contributed by atoms with van der Waals surface area (Å²) < 4.78 is 5.66. The van der Waals surface area contributed by atoms with Crippen LogP contribution in [0.2, 0.25) is 5.02 Å². The van der Waals surface area contributed by atoms with E-state index in [4.69, 9.17) is 16.0 Å². The number of aromatic nitrogens is 1. The molecule has 0 unspecified atom stereocenters. The average molecular weight is 460 g/mol. The van der Waals surface area contributed by atoms with Crippen LogP contribution in [0.4, 0.5) is 0 Å². The van der Waals surface area contributed by atoms with Crippen LogP contribution in [0.1, 0.15) is 46.0 Å². The van der Waals surface area contributed by atoms with E-state index in [9.17, 15) is 4.79 Å². The van der Waals surface area contributed by atoms with Crippen molar-refractivity contribution in [1.29, 1.82) is 0 Å². The molecule has 5 nitrogen and oxygen atoms in total. The Kier molecular flexibility index (Phi) is 7.55. The molecule has 3 aromatic carbocycles. The Balaban J connectivity index is 1.45. The normalized spacial score (nSPS) is 12.0. The van der Waals surface area contributed by atoms with Crippen molar-refractivity contribution < 1.29 is 9.21 Å². The zero-order valence-corrected chi connectivity index (χ0v) is 19.2. The first-order valence-electron chi connectivity index (χ1n) is 10.9. The molecule has 1 heterocycles. The summed E-state index contributed by atoms with van der Waals surface area (Å²) >= 11 is 6.18. The first kappa shape index (κ1) is 22.8. The van der Waals surface area contributed by atoms with Crippen LogP contribution < -0.4 is 5.32 Å². The molecule has 6 heteroatoms. The van der Waals surface area contributed by atoms with Gasteiger partial charge in [0.25, 0.3) is 5.91 Å². The molecule has 4 rings (SSSR count). The van der Waals surface area contributed by atoms with Crippen LogP contribution in [0.25, 0.3) is 0 Å². The highest BCUT2D eigenvalue weighted by Crippen LogP contribution is 2.18. The predicted octanol–water partition coefficient (Wildman–Crippen LogP) is 6.02. The molecule has 0 radical (unpaired) electrons. The van der Waals surface area contributed by atoms with Crippen molar-refractivity contribution in [1.82, 2.24) is 15.2 Å². The predicted molar refractivity (Wildman–Crippen MR) is 130 cm³/mol. The summed E-state index contributed by atoms with van der Waals surface area (Å²) in [4.78, 5) is 19.3. The number of benzene rings is 3. The van der Waals surface area contributed by atoms with Crippen molar-refractivity contribution in [3.63, 3.8) is 0 Å². The lowest BCUT2D eigenvalue weighted by molar-refractivity contribution is 0.0934. The Labute approximate surface area is 199 Å². The number of carbonyl (C=O) groups excluding carboxylic acids is 1. The fraction of sp³-hybridized carbons (Fsp3) is 0.185. The number of amides is 1. The molecule has 1 atom stereocenters. The van der Waals surface area contributed by atoms with Crippen molar-refractivity contribution in [2.75, 3.05) is 0 Å². The molecule has 0 aliphatic carbocycles. The van der Waals surface area contributed by atoms with Crippen molar-refractivity contribution in [3.8, 4) is 0 Å². The summed E-state index contributed by atoms with van der Waals surface area (Å²) in [6.07, 6.45) is 1.42. The Bertz CT molecular complexity index is 1180. The second-order valence-electron chi connectivity index (χ2n) is 7.99. The van der Waals surface area contributed by atoms with Gasteiger partial charge in [-0.15, -0.1) is 0 Å². The highest BCUT2D eigenvalue weighted by molar-refractivity contribution is 6.30. The van der Waals surface area contributed by atoms with Gasteiger partial charge in [0.15, 0.2) is 5.69 Å². The third kappa shape index (κ3) is 6.54. The molecule has 0 spiro atoms. The van der Waals surface area contributed by atoms with Crippen molar-refractivity contribution in [3.05, 3.63) is 124 Å². The lowest BCUT2D eigenvalue weighted by atomic mass is 10.1. The van der Waals surface area contributed by atoms with Gasteiger partial charge in [0.1, 0.15) is 6.26 Å². The number of nitrogens with zero attached hydrogens (tertiary/aromatic N) is 2. The van der Waals surface area contributed by atoms with Crippen molar-refractivity contribution >= 4 is 17.5 Å². The van der Waals surface area contributed by atoms with Crippen LogP contribution >= 0.6 is 11.6 Å². The average Bonchev–Trinajstić information content (AvgIpc) is 3.29. The van der Waals surface area contributed by atoms with Crippen LogP contribution in [-0.4, -0.2) is 15.8 Å². The van der Waals surface area contributed by atoms with Gasteiger partial charge in [-0.3, -0.25) is 9.69 Å². The van der Waals surface area contributed by atoms with E-state index in [1.54, 1.807) is 0 Å². The van der Waals surface area contributed by atoms with Gasteiger partial charge in [-0.05, 0) is 35.7 Å².